The molecular weight excluding hydrogens is 248 g/mol. The third-order valence-corrected chi connectivity index (χ3v) is 2.71. The minimum absolute atomic E-state index is 0.291. The van der Waals surface area contributed by atoms with Gasteiger partial charge in [-0.05, 0) is 5.56 Å². The van der Waals surface area contributed by atoms with Crippen LogP contribution in [0.1, 0.15) is 11.1 Å². The highest BCUT2D eigenvalue weighted by Crippen LogP contribution is 2.31. The van der Waals surface area contributed by atoms with Crippen molar-refractivity contribution in [1.82, 2.24) is 0 Å². The van der Waals surface area contributed by atoms with Crippen LogP contribution in [0, 0.1) is 20.2 Å². The smallest absolute Gasteiger partial charge is 0.258 e. The molecule has 2 rings (SSSR count). The van der Waals surface area contributed by atoms with Gasteiger partial charge in [-0.15, -0.1) is 0 Å². The first kappa shape index (κ1) is 12.7. The molecule has 2 aromatic carbocycles. The number of nitro groups is 2. The highest BCUT2D eigenvalue weighted by molar-refractivity contribution is 5.58. The molecule has 0 unspecified atom stereocenters. The van der Waals surface area contributed by atoms with Gasteiger partial charge >= 0.3 is 11.4 Å². The molecule has 2 aromatic rings. The summed E-state index contributed by atoms with van der Waals surface area (Å²) in [6.45, 7) is 0. The third-order valence-electron chi connectivity index (χ3n) is 2.71. The summed E-state index contributed by atoms with van der Waals surface area (Å²) in [5.41, 5.74) is 0.297. The van der Waals surface area contributed by atoms with Crippen molar-refractivity contribution in [2.75, 3.05) is 0 Å². The van der Waals surface area contributed by atoms with Crippen molar-refractivity contribution in [3.05, 3.63) is 79.9 Å². The van der Waals surface area contributed by atoms with Gasteiger partial charge < -0.3 is 0 Å². The Bertz CT molecular complexity index is 626. The zero-order valence-corrected chi connectivity index (χ0v) is 9.85. The van der Waals surface area contributed by atoms with Crippen LogP contribution in [-0.2, 0) is 6.42 Å². The van der Waals surface area contributed by atoms with Gasteiger partial charge in [-0.2, -0.15) is 0 Å². The second-order valence-electron chi connectivity index (χ2n) is 3.96. The fourth-order valence-corrected chi connectivity index (χ4v) is 1.89. The predicted octanol–water partition coefficient (Wildman–Crippen LogP) is 3.09. The minimum Gasteiger partial charge on any atom is -0.258 e. The first-order valence-corrected chi connectivity index (χ1v) is 5.54. The third kappa shape index (κ3) is 2.74. The van der Waals surface area contributed by atoms with Crippen molar-refractivity contribution in [3.63, 3.8) is 0 Å². The van der Waals surface area contributed by atoms with Gasteiger partial charge in [0.1, 0.15) is 0 Å². The molecule has 0 atom stereocenters. The van der Waals surface area contributed by atoms with E-state index in [1.165, 1.54) is 12.1 Å². The van der Waals surface area contributed by atoms with Gasteiger partial charge in [0.15, 0.2) is 0 Å². The highest BCUT2D eigenvalue weighted by Gasteiger charge is 2.27. The first-order valence-electron chi connectivity index (χ1n) is 5.54. The SMILES string of the molecule is O=[N+]([O-])c1cccc(Cc2ccccc2)c1[N+](=O)[O-]. The van der Waals surface area contributed by atoms with E-state index in [4.69, 9.17) is 0 Å². The maximum absolute atomic E-state index is 11.0. The van der Waals surface area contributed by atoms with E-state index in [1.54, 1.807) is 0 Å². The molecule has 0 radical (unpaired) electrons. The zero-order chi connectivity index (χ0) is 13.8. The maximum Gasteiger partial charge on any atom is 0.349 e. The molecule has 6 nitrogen and oxygen atoms in total. The molecule has 0 saturated carbocycles. The Morgan fingerprint density at radius 2 is 1.53 bits per heavy atom. The van der Waals surface area contributed by atoms with Crippen molar-refractivity contribution in [2.45, 2.75) is 6.42 Å². The van der Waals surface area contributed by atoms with E-state index in [0.717, 1.165) is 11.6 Å². The van der Waals surface area contributed by atoms with E-state index in [2.05, 4.69) is 0 Å². The second-order valence-corrected chi connectivity index (χ2v) is 3.96. The van der Waals surface area contributed by atoms with Gasteiger partial charge in [0.05, 0.1) is 9.85 Å². The normalized spacial score (nSPS) is 10.1. The lowest BCUT2D eigenvalue weighted by molar-refractivity contribution is -0.422. The van der Waals surface area contributed by atoms with Crippen LogP contribution in [0.4, 0.5) is 11.4 Å². The molecule has 96 valence electrons. The molecule has 0 heterocycles. The van der Waals surface area contributed by atoms with Gasteiger partial charge in [-0.25, -0.2) is 0 Å². The summed E-state index contributed by atoms with van der Waals surface area (Å²) in [5, 5.41) is 21.9. The van der Waals surface area contributed by atoms with Crippen molar-refractivity contribution < 1.29 is 9.85 Å². The molecule has 0 bridgehead atoms. The van der Waals surface area contributed by atoms with E-state index >= 15 is 0 Å². The Morgan fingerprint density at radius 3 is 2.11 bits per heavy atom. The summed E-state index contributed by atoms with van der Waals surface area (Å²) in [5.74, 6) is 0. The molecule has 0 fully saturated rings. The molecule has 0 amide bonds. The number of benzene rings is 2. The molecule has 0 aromatic heterocycles. The summed E-state index contributed by atoms with van der Waals surface area (Å²) in [6.07, 6.45) is 0.291. The standard InChI is InChI=1S/C13H10N2O4/c16-14(17)12-8-4-7-11(13(12)15(18)19)9-10-5-2-1-3-6-10/h1-8H,9H2. The van der Waals surface area contributed by atoms with Crippen molar-refractivity contribution >= 4 is 11.4 Å². The van der Waals surface area contributed by atoms with Crippen LogP contribution in [0.3, 0.4) is 0 Å². The Hall–Kier alpha value is -2.76. The molecule has 0 aliphatic heterocycles. The maximum atomic E-state index is 11.0. The molecule has 0 aliphatic rings. The molecule has 6 heteroatoms. The summed E-state index contributed by atoms with van der Waals surface area (Å²) >= 11 is 0. The lowest BCUT2D eigenvalue weighted by Crippen LogP contribution is -2.01. The predicted molar refractivity (Wildman–Crippen MR) is 69.0 cm³/mol. The average molecular weight is 258 g/mol. The summed E-state index contributed by atoms with van der Waals surface area (Å²) in [4.78, 5) is 20.4. The van der Waals surface area contributed by atoms with E-state index in [-0.39, 0.29) is 0 Å². The van der Waals surface area contributed by atoms with Crippen LogP contribution in [0.5, 0.6) is 0 Å². The van der Waals surface area contributed by atoms with Crippen molar-refractivity contribution in [2.24, 2.45) is 0 Å². The molecule has 0 N–H and O–H groups in total. The Balaban J connectivity index is 2.48. The fraction of sp³-hybridized carbons (Fsp3) is 0.0769. The Kier molecular flexibility index (Phi) is 3.51. The van der Waals surface area contributed by atoms with Gasteiger partial charge in [0, 0.05) is 18.1 Å². The number of hydrogen-bond donors (Lipinski definition) is 0. The number of rotatable bonds is 4. The Morgan fingerprint density at radius 1 is 0.842 bits per heavy atom. The van der Waals surface area contributed by atoms with Crippen LogP contribution in [-0.4, -0.2) is 9.85 Å². The van der Waals surface area contributed by atoms with E-state index in [0.29, 0.717) is 12.0 Å². The average Bonchev–Trinajstić information content (AvgIpc) is 2.39. The van der Waals surface area contributed by atoms with Gasteiger partial charge in [-0.3, -0.25) is 20.2 Å². The lowest BCUT2D eigenvalue weighted by atomic mass is 10.0. The molecule has 19 heavy (non-hydrogen) atoms. The van der Waals surface area contributed by atoms with Crippen LogP contribution >= 0.6 is 0 Å². The topological polar surface area (TPSA) is 86.3 Å². The van der Waals surface area contributed by atoms with Gasteiger partial charge in [0.25, 0.3) is 0 Å². The van der Waals surface area contributed by atoms with Crippen LogP contribution in [0.15, 0.2) is 48.5 Å². The minimum atomic E-state index is -0.730. The van der Waals surface area contributed by atoms with Crippen molar-refractivity contribution in [1.29, 1.82) is 0 Å². The van der Waals surface area contributed by atoms with E-state index in [1.807, 2.05) is 30.3 Å². The molecule has 0 saturated heterocycles. The van der Waals surface area contributed by atoms with Gasteiger partial charge in [0.2, 0.25) is 0 Å². The molecule has 0 spiro atoms. The number of nitro benzene ring substituents is 2. The van der Waals surface area contributed by atoms with Crippen LogP contribution in [0.2, 0.25) is 0 Å². The summed E-state index contributed by atoms with van der Waals surface area (Å²) in [6, 6.07) is 13.3. The van der Waals surface area contributed by atoms with Crippen LogP contribution in [0.25, 0.3) is 0 Å². The van der Waals surface area contributed by atoms with Crippen molar-refractivity contribution in [3.8, 4) is 0 Å². The number of hydrogen-bond acceptors (Lipinski definition) is 4. The lowest BCUT2D eigenvalue weighted by Gasteiger charge is -2.03. The largest absolute Gasteiger partial charge is 0.349 e. The number of para-hydroxylation sites is 1. The summed E-state index contributed by atoms with van der Waals surface area (Å²) in [7, 11) is 0. The fourth-order valence-electron chi connectivity index (χ4n) is 1.89. The van der Waals surface area contributed by atoms with Crippen LogP contribution < -0.4 is 0 Å². The highest BCUT2D eigenvalue weighted by atomic mass is 16.6. The number of nitrogens with zero attached hydrogens (tertiary/aromatic N) is 2. The molecular formula is C13H10N2O4. The van der Waals surface area contributed by atoms with E-state index < -0.39 is 21.2 Å². The summed E-state index contributed by atoms with van der Waals surface area (Å²) < 4.78 is 0. The Labute approximate surface area is 108 Å². The zero-order valence-electron chi connectivity index (χ0n) is 9.85. The first-order chi connectivity index (χ1) is 9.09. The quantitative estimate of drug-likeness (QED) is 0.622. The van der Waals surface area contributed by atoms with E-state index in [9.17, 15) is 20.2 Å². The second kappa shape index (κ2) is 5.26. The molecule has 0 aliphatic carbocycles. The van der Waals surface area contributed by atoms with Gasteiger partial charge in [-0.1, -0.05) is 42.5 Å². The monoisotopic (exact) mass is 258 g/mol.